The number of hydrogen-bond acceptors (Lipinski definition) is 4. The molecule has 1 aromatic heterocycles. The van der Waals surface area contributed by atoms with Crippen molar-refractivity contribution in [2.45, 2.75) is 24.3 Å². The van der Waals surface area contributed by atoms with Gasteiger partial charge in [-0.25, -0.2) is 12.8 Å². The summed E-state index contributed by atoms with van der Waals surface area (Å²) < 4.78 is 40.4. The minimum absolute atomic E-state index is 0.0548. The summed E-state index contributed by atoms with van der Waals surface area (Å²) in [7, 11) is -3.73. The molecule has 1 aliphatic rings. The number of halogens is 1. The van der Waals surface area contributed by atoms with Crippen LogP contribution in [0.25, 0.3) is 0 Å². The van der Waals surface area contributed by atoms with Crippen molar-refractivity contribution in [2.75, 3.05) is 12.3 Å². The molecule has 0 saturated carbocycles. The highest BCUT2D eigenvalue weighted by Crippen LogP contribution is 2.36. The molecule has 0 spiro atoms. The molecule has 2 heterocycles. The van der Waals surface area contributed by atoms with E-state index in [2.05, 4.69) is 0 Å². The molecule has 0 fully saturated rings. The first kappa shape index (κ1) is 14.5. The second-order valence-electron chi connectivity index (χ2n) is 5.02. The van der Waals surface area contributed by atoms with Crippen molar-refractivity contribution in [3.8, 4) is 0 Å². The van der Waals surface area contributed by atoms with E-state index in [0.29, 0.717) is 13.0 Å². The lowest BCUT2D eigenvalue weighted by Crippen LogP contribution is -2.38. The summed E-state index contributed by atoms with van der Waals surface area (Å²) in [6, 6.07) is 5.33. The number of benzene rings is 1. The lowest BCUT2D eigenvalue weighted by atomic mass is 10.0. The zero-order valence-corrected chi connectivity index (χ0v) is 13.0. The number of anilines is 1. The van der Waals surface area contributed by atoms with E-state index >= 15 is 0 Å². The van der Waals surface area contributed by atoms with E-state index in [1.165, 1.54) is 21.3 Å². The zero-order chi connectivity index (χ0) is 15.2. The van der Waals surface area contributed by atoms with E-state index in [-0.39, 0.29) is 16.6 Å². The van der Waals surface area contributed by atoms with E-state index in [1.54, 1.807) is 11.3 Å². The summed E-state index contributed by atoms with van der Waals surface area (Å²) in [6.07, 6.45) is 0.689. The Bertz CT molecular complexity index is 786. The van der Waals surface area contributed by atoms with Crippen molar-refractivity contribution in [1.29, 1.82) is 0 Å². The van der Waals surface area contributed by atoms with Gasteiger partial charge in [-0.05, 0) is 48.6 Å². The number of nitrogen functional groups attached to an aromatic ring is 1. The Morgan fingerprint density at radius 3 is 2.86 bits per heavy atom. The van der Waals surface area contributed by atoms with E-state index in [9.17, 15) is 12.8 Å². The molecule has 1 aromatic carbocycles. The maximum absolute atomic E-state index is 13.6. The van der Waals surface area contributed by atoms with E-state index in [4.69, 9.17) is 5.73 Å². The molecular weight excluding hydrogens is 311 g/mol. The van der Waals surface area contributed by atoms with Gasteiger partial charge in [-0.1, -0.05) is 0 Å². The Morgan fingerprint density at radius 2 is 2.14 bits per heavy atom. The van der Waals surface area contributed by atoms with Crippen LogP contribution in [0.2, 0.25) is 0 Å². The van der Waals surface area contributed by atoms with Gasteiger partial charge in [0.2, 0.25) is 10.0 Å². The molecule has 4 nitrogen and oxygen atoms in total. The predicted octanol–water partition coefficient (Wildman–Crippen LogP) is 2.78. The van der Waals surface area contributed by atoms with Crippen LogP contribution in [-0.2, 0) is 16.4 Å². The third-order valence-corrected chi connectivity index (χ3v) is 6.76. The first-order valence-electron chi connectivity index (χ1n) is 6.54. The first-order valence-corrected chi connectivity index (χ1v) is 8.86. The second kappa shape index (κ2) is 5.08. The lowest BCUT2D eigenvalue weighted by molar-refractivity contribution is 0.329. The molecule has 112 valence electrons. The van der Waals surface area contributed by atoms with Gasteiger partial charge in [0, 0.05) is 17.5 Å². The van der Waals surface area contributed by atoms with Gasteiger partial charge in [0.05, 0.1) is 10.6 Å². The van der Waals surface area contributed by atoms with Crippen LogP contribution in [0.3, 0.4) is 0 Å². The number of nitrogens with zero attached hydrogens (tertiary/aromatic N) is 1. The number of thiophene rings is 1. The second-order valence-corrected chi connectivity index (χ2v) is 7.92. The molecule has 7 heteroatoms. The Balaban J connectivity index is 2.01. The topological polar surface area (TPSA) is 63.4 Å². The van der Waals surface area contributed by atoms with E-state index in [1.807, 2.05) is 18.4 Å². The molecule has 0 bridgehead atoms. The number of nitrogens with two attached hydrogens (primary N) is 1. The minimum atomic E-state index is -3.73. The summed E-state index contributed by atoms with van der Waals surface area (Å²) in [5, 5.41) is 1.97. The Kier molecular flexibility index (Phi) is 3.51. The quantitative estimate of drug-likeness (QED) is 0.863. The summed E-state index contributed by atoms with van der Waals surface area (Å²) in [5.41, 5.74) is 6.38. The smallest absolute Gasteiger partial charge is 0.243 e. The van der Waals surface area contributed by atoms with Gasteiger partial charge in [-0.3, -0.25) is 0 Å². The fourth-order valence-electron chi connectivity index (χ4n) is 2.62. The average Bonchev–Trinajstić information content (AvgIpc) is 2.91. The third kappa shape index (κ3) is 2.35. The van der Waals surface area contributed by atoms with E-state index < -0.39 is 15.8 Å². The maximum Gasteiger partial charge on any atom is 0.243 e. The number of sulfonamides is 1. The molecule has 1 aliphatic heterocycles. The van der Waals surface area contributed by atoms with Crippen LogP contribution in [-0.4, -0.2) is 19.3 Å². The predicted molar refractivity (Wildman–Crippen MR) is 81.1 cm³/mol. The molecule has 1 atom stereocenters. The van der Waals surface area contributed by atoms with Crippen LogP contribution in [0, 0.1) is 5.82 Å². The summed E-state index contributed by atoms with van der Waals surface area (Å²) in [5.74, 6) is -0.711. The van der Waals surface area contributed by atoms with Crippen molar-refractivity contribution in [3.05, 3.63) is 45.9 Å². The largest absolute Gasteiger partial charge is 0.396 e. The summed E-state index contributed by atoms with van der Waals surface area (Å²) in [6.45, 7) is 2.26. The molecule has 2 N–H and O–H groups in total. The van der Waals surface area contributed by atoms with Gasteiger partial charge in [0.15, 0.2) is 0 Å². The van der Waals surface area contributed by atoms with Crippen LogP contribution < -0.4 is 5.73 Å². The normalized spacial score (nSPS) is 19.4. The maximum atomic E-state index is 13.6. The van der Waals surface area contributed by atoms with Crippen molar-refractivity contribution >= 4 is 27.0 Å². The van der Waals surface area contributed by atoms with Crippen molar-refractivity contribution < 1.29 is 12.8 Å². The molecule has 2 aromatic rings. The summed E-state index contributed by atoms with van der Waals surface area (Å²) >= 11 is 1.64. The van der Waals surface area contributed by atoms with Gasteiger partial charge in [0.25, 0.3) is 0 Å². The van der Waals surface area contributed by atoms with Gasteiger partial charge in [0.1, 0.15) is 5.82 Å². The Hall–Kier alpha value is -1.44. The highest BCUT2D eigenvalue weighted by Gasteiger charge is 2.34. The number of rotatable bonds is 2. The SMILES string of the molecule is CC1c2ccsc2CCN1S(=O)(=O)c1ccc(N)c(F)c1. The molecule has 0 amide bonds. The van der Waals surface area contributed by atoms with Crippen LogP contribution in [0.5, 0.6) is 0 Å². The monoisotopic (exact) mass is 326 g/mol. The Labute approximate surface area is 127 Å². The number of fused-ring (bicyclic) bond motifs is 1. The zero-order valence-electron chi connectivity index (χ0n) is 11.4. The van der Waals surface area contributed by atoms with Crippen molar-refractivity contribution in [3.63, 3.8) is 0 Å². The Morgan fingerprint density at radius 1 is 1.38 bits per heavy atom. The molecule has 21 heavy (non-hydrogen) atoms. The third-order valence-electron chi connectivity index (χ3n) is 3.80. The summed E-state index contributed by atoms with van der Waals surface area (Å²) in [4.78, 5) is 1.16. The molecule has 3 rings (SSSR count). The molecule has 0 aliphatic carbocycles. The fourth-order valence-corrected chi connectivity index (χ4v) is 5.21. The van der Waals surface area contributed by atoms with Gasteiger partial charge in [-0.2, -0.15) is 4.31 Å². The lowest BCUT2D eigenvalue weighted by Gasteiger charge is -2.32. The highest BCUT2D eigenvalue weighted by molar-refractivity contribution is 7.89. The number of hydrogen-bond donors (Lipinski definition) is 1. The molecular formula is C14H15FN2O2S2. The highest BCUT2D eigenvalue weighted by atomic mass is 32.2. The molecule has 1 unspecified atom stereocenters. The molecule has 0 saturated heterocycles. The van der Waals surface area contributed by atoms with Crippen LogP contribution in [0.4, 0.5) is 10.1 Å². The first-order chi connectivity index (χ1) is 9.91. The molecule has 0 radical (unpaired) electrons. The van der Waals surface area contributed by atoms with Gasteiger partial charge < -0.3 is 5.73 Å². The fraction of sp³-hybridized carbons (Fsp3) is 0.286. The van der Waals surface area contributed by atoms with Crippen molar-refractivity contribution in [2.24, 2.45) is 0 Å². The van der Waals surface area contributed by atoms with Gasteiger partial charge in [-0.15, -0.1) is 11.3 Å². The minimum Gasteiger partial charge on any atom is -0.396 e. The van der Waals surface area contributed by atoms with Crippen LogP contribution in [0.1, 0.15) is 23.4 Å². The van der Waals surface area contributed by atoms with Crippen LogP contribution in [0.15, 0.2) is 34.5 Å². The van der Waals surface area contributed by atoms with Gasteiger partial charge >= 0.3 is 0 Å². The van der Waals surface area contributed by atoms with Crippen molar-refractivity contribution in [1.82, 2.24) is 4.31 Å². The standard InChI is InChI=1S/C14H15FN2O2S2/c1-9-11-5-7-20-14(11)4-6-17(9)21(18,19)10-2-3-13(16)12(15)8-10/h2-3,5,7-9H,4,6,16H2,1H3. The van der Waals surface area contributed by atoms with Crippen LogP contribution >= 0.6 is 11.3 Å². The average molecular weight is 326 g/mol. The van der Waals surface area contributed by atoms with E-state index in [0.717, 1.165) is 11.6 Å².